The van der Waals surface area contributed by atoms with E-state index < -0.39 is 6.10 Å². The zero-order valence-electron chi connectivity index (χ0n) is 12.2. The van der Waals surface area contributed by atoms with Crippen LogP contribution in [-0.2, 0) is 4.79 Å². The number of nitrogens with one attached hydrogen (secondary N) is 1. The van der Waals surface area contributed by atoms with Crippen molar-refractivity contribution in [1.82, 2.24) is 5.32 Å². The van der Waals surface area contributed by atoms with Gasteiger partial charge in [-0.1, -0.05) is 18.5 Å². The highest BCUT2D eigenvalue weighted by molar-refractivity contribution is 6.32. The predicted molar refractivity (Wildman–Crippen MR) is 78.9 cm³/mol. The molecule has 1 aromatic rings. The number of benzene rings is 1. The van der Waals surface area contributed by atoms with E-state index in [9.17, 15) is 4.79 Å². The Morgan fingerprint density at radius 1 is 1.32 bits per heavy atom. The molecule has 0 aromatic heterocycles. The summed E-state index contributed by atoms with van der Waals surface area (Å²) < 4.78 is 5.67. The van der Waals surface area contributed by atoms with Gasteiger partial charge in [0.2, 0.25) is 0 Å². The van der Waals surface area contributed by atoms with Crippen molar-refractivity contribution >= 4 is 17.5 Å². The summed E-state index contributed by atoms with van der Waals surface area (Å²) in [6.07, 6.45) is 0.381. The lowest BCUT2D eigenvalue weighted by molar-refractivity contribution is -0.127. The van der Waals surface area contributed by atoms with Crippen molar-refractivity contribution in [2.75, 3.05) is 0 Å². The van der Waals surface area contributed by atoms with Crippen LogP contribution >= 0.6 is 11.6 Å². The average Bonchev–Trinajstić information content (AvgIpc) is 2.35. The van der Waals surface area contributed by atoms with Gasteiger partial charge in [-0.15, -0.1) is 0 Å². The first-order chi connectivity index (χ1) is 8.85. The van der Waals surface area contributed by atoms with E-state index in [4.69, 9.17) is 16.3 Å². The lowest BCUT2D eigenvalue weighted by Gasteiger charge is -2.18. The lowest BCUT2D eigenvalue weighted by Crippen LogP contribution is -2.41. The summed E-state index contributed by atoms with van der Waals surface area (Å²) in [5, 5.41) is 3.64. The Labute approximate surface area is 120 Å². The molecule has 1 amide bonds. The molecule has 2 atom stereocenters. The maximum atomic E-state index is 11.9. The van der Waals surface area contributed by atoms with Crippen LogP contribution in [0, 0.1) is 13.8 Å². The predicted octanol–water partition coefficient (Wildman–Crippen LogP) is 3.64. The molecule has 0 saturated carbocycles. The Morgan fingerprint density at radius 3 is 2.32 bits per heavy atom. The van der Waals surface area contributed by atoms with E-state index in [0.717, 1.165) is 22.6 Å². The van der Waals surface area contributed by atoms with E-state index in [1.165, 1.54) is 0 Å². The SMILES string of the molecule is CC[C@@H](C)NC(=O)[C@@H](C)Oc1cc(C)c(Cl)c(C)c1. The summed E-state index contributed by atoms with van der Waals surface area (Å²) >= 11 is 6.10. The number of hydrogen-bond acceptors (Lipinski definition) is 2. The fraction of sp³-hybridized carbons (Fsp3) is 0.533. The van der Waals surface area contributed by atoms with Gasteiger partial charge in [0.1, 0.15) is 5.75 Å². The second-order valence-electron chi connectivity index (χ2n) is 4.95. The first-order valence-corrected chi connectivity index (χ1v) is 6.96. The minimum atomic E-state index is -0.519. The van der Waals surface area contributed by atoms with Gasteiger partial charge in [-0.05, 0) is 57.4 Å². The van der Waals surface area contributed by atoms with E-state index in [1.807, 2.05) is 39.8 Å². The summed E-state index contributed by atoms with van der Waals surface area (Å²) in [6.45, 7) is 9.60. The second kappa shape index (κ2) is 6.80. The Balaban J connectivity index is 2.71. The first-order valence-electron chi connectivity index (χ1n) is 6.59. The van der Waals surface area contributed by atoms with Gasteiger partial charge in [0.25, 0.3) is 5.91 Å². The molecule has 3 nitrogen and oxygen atoms in total. The molecular formula is C15H22ClNO2. The molecule has 0 bridgehead atoms. The van der Waals surface area contributed by atoms with Crippen LogP contribution < -0.4 is 10.1 Å². The number of rotatable bonds is 5. The zero-order chi connectivity index (χ0) is 14.6. The summed E-state index contributed by atoms with van der Waals surface area (Å²) in [5.74, 6) is 0.575. The molecule has 0 aliphatic carbocycles. The summed E-state index contributed by atoms with van der Waals surface area (Å²) in [5.41, 5.74) is 1.90. The molecule has 0 aliphatic heterocycles. The molecule has 0 spiro atoms. The lowest BCUT2D eigenvalue weighted by atomic mass is 10.1. The van der Waals surface area contributed by atoms with Gasteiger partial charge in [-0.3, -0.25) is 4.79 Å². The molecule has 0 radical (unpaired) electrons. The second-order valence-corrected chi connectivity index (χ2v) is 5.33. The topological polar surface area (TPSA) is 38.3 Å². The molecule has 1 rings (SSSR count). The highest BCUT2D eigenvalue weighted by atomic mass is 35.5. The minimum Gasteiger partial charge on any atom is -0.481 e. The maximum absolute atomic E-state index is 11.9. The minimum absolute atomic E-state index is 0.0976. The van der Waals surface area contributed by atoms with Crippen molar-refractivity contribution in [3.8, 4) is 5.75 Å². The molecule has 0 unspecified atom stereocenters. The van der Waals surface area contributed by atoms with Crippen molar-refractivity contribution in [3.63, 3.8) is 0 Å². The van der Waals surface area contributed by atoms with Crippen LogP contribution in [0.25, 0.3) is 0 Å². The Morgan fingerprint density at radius 2 is 1.84 bits per heavy atom. The van der Waals surface area contributed by atoms with Crippen LogP contribution in [-0.4, -0.2) is 18.1 Å². The number of aryl methyl sites for hydroxylation is 2. The van der Waals surface area contributed by atoms with Crippen molar-refractivity contribution in [2.45, 2.75) is 53.2 Å². The number of carbonyl (C=O) groups excluding carboxylic acids is 1. The molecular weight excluding hydrogens is 262 g/mol. The molecule has 4 heteroatoms. The van der Waals surface area contributed by atoms with Crippen LogP contribution in [0.3, 0.4) is 0 Å². The molecule has 0 fully saturated rings. The number of carbonyl (C=O) groups is 1. The largest absolute Gasteiger partial charge is 0.481 e. The number of halogens is 1. The molecule has 0 heterocycles. The van der Waals surface area contributed by atoms with Crippen LogP contribution in [0.4, 0.5) is 0 Å². The molecule has 1 aromatic carbocycles. The maximum Gasteiger partial charge on any atom is 0.260 e. The van der Waals surface area contributed by atoms with Gasteiger partial charge < -0.3 is 10.1 Å². The fourth-order valence-electron chi connectivity index (χ4n) is 1.69. The van der Waals surface area contributed by atoms with E-state index in [2.05, 4.69) is 5.32 Å². The van der Waals surface area contributed by atoms with Gasteiger partial charge in [0, 0.05) is 11.1 Å². The smallest absolute Gasteiger partial charge is 0.260 e. The van der Waals surface area contributed by atoms with E-state index in [1.54, 1.807) is 6.92 Å². The number of hydrogen-bond donors (Lipinski definition) is 1. The van der Waals surface area contributed by atoms with Crippen LogP contribution in [0.1, 0.15) is 38.3 Å². The van der Waals surface area contributed by atoms with E-state index in [0.29, 0.717) is 5.75 Å². The van der Waals surface area contributed by atoms with Gasteiger partial charge in [-0.25, -0.2) is 0 Å². The summed E-state index contributed by atoms with van der Waals surface area (Å²) in [4.78, 5) is 11.9. The highest BCUT2D eigenvalue weighted by Crippen LogP contribution is 2.26. The summed E-state index contributed by atoms with van der Waals surface area (Å²) in [7, 11) is 0. The zero-order valence-corrected chi connectivity index (χ0v) is 13.0. The third kappa shape index (κ3) is 4.43. The Hall–Kier alpha value is -1.22. The van der Waals surface area contributed by atoms with Gasteiger partial charge in [0.05, 0.1) is 0 Å². The molecule has 0 aliphatic rings. The van der Waals surface area contributed by atoms with Crippen molar-refractivity contribution in [1.29, 1.82) is 0 Å². The van der Waals surface area contributed by atoms with Crippen molar-refractivity contribution in [3.05, 3.63) is 28.3 Å². The third-order valence-electron chi connectivity index (χ3n) is 3.09. The third-order valence-corrected chi connectivity index (χ3v) is 3.69. The van der Waals surface area contributed by atoms with Gasteiger partial charge in [0.15, 0.2) is 6.10 Å². The normalized spacial score (nSPS) is 13.8. The van der Waals surface area contributed by atoms with Crippen LogP contribution in [0.15, 0.2) is 12.1 Å². The Bertz CT molecular complexity index is 436. The molecule has 19 heavy (non-hydrogen) atoms. The van der Waals surface area contributed by atoms with Crippen molar-refractivity contribution < 1.29 is 9.53 Å². The van der Waals surface area contributed by atoms with Crippen LogP contribution in [0.2, 0.25) is 5.02 Å². The first kappa shape index (κ1) is 15.8. The van der Waals surface area contributed by atoms with Crippen molar-refractivity contribution in [2.24, 2.45) is 0 Å². The molecule has 106 valence electrons. The standard InChI is InChI=1S/C15H22ClNO2/c1-6-11(4)17-15(18)12(5)19-13-7-9(2)14(16)10(3)8-13/h7-8,11-12H,6H2,1-5H3,(H,17,18)/t11-,12-/m1/s1. The van der Waals surface area contributed by atoms with Crippen LogP contribution in [0.5, 0.6) is 5.75 Å². The van der Waals surface area contributed by atoms with E-state index in [-0.39, 0.29) is 11.9 Å². The molecule has 1 N–H and O–H groups in total. The summed E-state index contributed by atoms with van der Waals surface area (Å²) in [6, 6.07) is 3.86. The number of amides is 1. The molecule has 0 saturated heterocycles. The fourth-order valence-corrected chi connectivity index (χ4v) is 1.80. The quantitative estimate of drug-likeness (QED) is 0.896. The van der Waals surface area contributed by atoms with Gasteiger partial charge >= 0.3 is 0 Å². The monoisotopic (exact) mass is 283 g/mol. The number of ether oxygens (including phenoxy) is 1. The van der Waals surface area contributed by atoms with Gasteiger partial charge in [-0.2, -0.15) is 0 Å². The highest BCUT2D eigenvalue weighted by Gasteiger charge is 2.16. The average molecular weight is 284 g/mol. The Kier molecular flexibility index (Phi) is 5.67. The van der Waals surface area contributed by atoms with E-state index >= 15 is 0 Å².